The van der Waals surface area contributed by atoms with Gasteiger partial charge in [0, 0.05) is 0 Å². The highest BCUT2D eigenvalue weighted by molar-refractivity contribution is 6.60. The average molecular weight is 222 g/mol. The van der Waals surface area contributed by atoms with E-state index in [0.29, 0.717) is 5.03 Å². The molecule has 0 aromatic rings. The zero-order chi connectivity index (χ0) is 8.15. The Kier molecular flexibility index (Phi) is 6.04. The Labute approximate surface area is 81.1 Å². The molecule has 0 aliphatic rings. The lowest BCUT2D eigenvalue weighted by Crippen LogP contribution is -1.97. The number of rotatable bonds is 3. The number of hydrogen-bond acceptors (Lipinski definition) is 0. The Morgan fingerprint density at radius 1 is 1.30 bits per heavy atom. The van der Waals surface area contributed by atoms with Crippen LogP contribution < -0.4 is 0 Å². The lowest BCUT2D eigenvalue weighted by Gasteiger charge is -2.05. The van der Waals surface area contributed by atoms with Crippen LogP contribution in [0.5, 0.6) is 0 Å². The van der Waals surface area contributed by atoms with Crippen LogP contribution in [0.1, 0.15) is 19.8 Å². The van der Waals surface area contributed by atoms with Gasteiger partial charge in [0.1, 0.15) is 4.49 Å². The first-order valence-electron chi connectivity index (χ1n) is 2.94. The van der Waals surface area contributed by atoms with Crippen LogP contribution in [-0.2, 0) is 0 Å². The smallest absolute Gasteiger partial charge is 0.117 e. The van der Waals surface area contributed by atoms with Gasteiger partial charge in [0.25, 0.3) is 0 Å². The molecule has 1 unspecified atom stereocenters. The fourth-order valence-electron chi connectivity index (χ4n) is 0.499. The molecule has 0 nitrogen and oxygen atoms in total. The van der Waals surface area contributed by atoms with E-state index in [0.717, 1.165) is 12.8 Å². The summed E-state index contributed by atoms with van der Waals surface area (Å²) in [5.41, 5.74) is 0. The minimum atomic E-state index is -0.239. The van der Waals surface area contributed by atoms with Gasteiger partial charge in [-0.1, -0.05) is 48.1 Å². The van der Waals surface area contributed by atoms with E-state index in [2.05, 4.69) is 0 Å². The molecular weight excluding hydrogens is 214 g/mol. The van der Waals surface area contributed by atoms with E-state index in [9.17, 15) is 0 Å². The second kappa shape index (κ2) is 5.54. The number of halogens is 4. The lowest BCUT2D eigenvalue weighted by atomic mass is 10.2. The van der Waals surface area contributed by atoms with Gasteiger partial charge in [-0.05, 0) is 6.42 Å². The summed E-state index contributed by atoms with van der Waals surface area (Å²) in [6.45, 7) is 2.02. The van der Waals surface area contributed by atoms with Crippen LogP contribution in [0.4, 0.5) is 0 Å². The van der Waals surface area contributed by atoms with E-state index in [1.165, 1.54) is 0 Å². The highest BCUT2D eigenvalue weighted by Gasteiger charge is 2.10. The van der Waals surface area contributed by atoms with Gasteiger partial charge in [-0.2, -0.15) is 0 Å². The zero-order valence-electron chi connectivity index (χ0n) is 5.50. The third kappa shape index (κ3) is 3.92. The van der Waals surface area contributed by atoms with Crippen LogP contribution in [0.15, 0.2) is 9.52 Å². The SMILES string of the molecule is CCCC(Cl)C(Cl)=C(Cl)Cl. The Balaban J connectivity index is 3.94. The van der Waals surface area contributed by atoms with Crippen LogP contribution in [-0.4, -0.2) is 5.38 Å². The molecule has 0 bridgehead atoms. The van der Waals surface area contributed by atoms with E-state index >= 15 is 0 Å². The van der Waals surface area contributed by atoms with E-state index < -0.39 is 0 Å². The molecule has 0 aliphatic carbocycles. The van der Waals surface area contributed by atoms with E-state index in [1.54, 1.807) is 0 Å². The summed E-state index contributed by atoms with van der Waals surface area (Å²) in [5, 5.41) is 0.100. The van der Waals surface area contributed by atoms with Gasteiger partial charge in [-0.3, -0.25) is 0 Å². The second-order valence-corrected chi connectivity index (χ2v) is 3.75. The van der Waals surface area contributed by atoms with Gasteiger partial charge in [-0.15, -0.1) is 11.6 Å². The van der Waals surface area contributed by atoms with Gasteiger partial charge >= 0.3 is 0 Å². The maximum atomic E-state index is 5.77. The molecular formula is C6H8Cl4. The molecule has 10 heavy (non-hydrogen) atoms. The highest BCUT2D eigenvalue weighted by Crippen LogP contribution is 2.26. The fourth-order valence-corrected chi connectivity index (χ4v) is 1.31. The maximum absolute atomic E-state index is 5.77. The first-order chi connectivity index (χ1) is 4.59. The normalized spacial score (nSPS) is 12.9. The molecule has 0 aromatic carbocycles. The van der Waals surface area contributed by atoms with Gasteiger partial charge in [0.15, 0.2) is 0 Å². The van der Waals surface area contributed by atoms with Crippen molar-refractivity contribution >= 4 is 46.4 Å². The summed E-state index contributed by atoms with van der Waals surface area (Å²) >= 11 is 22.2. The minimum Gasteiger partial charge on any atom is -0.117 e. The van der Waals surface area contributed by atoms with Crippen molar-refractivity contribution in [3.63, 3.8) is 0 Å². The summed E-state index contributed by atoms with van der Waals surface area (Å²) in [5.74, 6) is 0. The maximum Gasteiger partial charge on any atom is 0.122 e. The van der Waals surface area contributed by atoms with Crippen LogP contribution >= 0.6 is 46.4 Å². The standard InChI is InChI=1S/C6H8Cl4/c1-2-3-4(7)5(8)6(9)10/h4H,2-3H2,1H3. The Morgan fingerprint density at radius 3 is 2.10 bits per heavy atom. The summed E-state index contributed by atoms with van der Waals surface area (Å²) < 4.78 is 0.0649. The molecule has 0 N–H and O–H groups in total. The predicted octanol–water partition coefficient (Wildman–Crippen LogP) is 4.28. The molecule has 0 aliphatic heterocycles. The third-order valence-corrected chi connectivity index (χ3v) is 2.60. The fraction of sp³-hybridized carbons (Fsp3) is 0.667. The third-order valence-electron chi connectivity index (χ3n) is 0.998. The van der Waals surface area contributed by atoms with Gasteiger partial charge in [0.2, 0.25) is 0 Å². The molecule has 0 saturated carbocycles. The van der Waals surface area contributed by atoms with Crippen LogP contribution in [0, 0.1) is 0 Å². The van der Waals surface area contributed by atoms with E-state index in [4.69, 9.17) is 46.4 Å². The first kappa shape index (κ1) is 10.9. The molecule has 1 atom stereocenters. The van der Waals surface area contributed by atoms with Crippen LogP contribution in [0.2, 0.25) is 0 Å². The monoisotopic (exact) mass is 220 g/mol. The van der Waals surface area contributed by atoms with E-state index in [1.807, 2.05) is 6.92 Å². The predicted molar refractivity (Wildman–Crippen MR) is 49.1 cm³/mol. The topological polar surface area (TPSA) is 0 Å². The van der Waals surface area contributed by atoms with Crippen molar-refractivity contribution in [2.24, 2.45) is 0 Å². The van der Waals surface area contributed by atoms with Crippen molar-refractivity contribution in [2.75, 3.05) is 0 Å². The average Bonchev–Trinajstić information content (AvgIpc) is 1.87. The lowest BCUT2D eigenvalue weighted by molar-refractivity contribution is 0.814. The van der Waals surface area contributed by atoms with Crippen molar-refractivity contribution in [1.82, 2.24) is 0 Å². The van der Waals surface area contributed by atoms with Crippen molar-refractivity contribution in [2.45, 2.75) is 25.1 Å². The molecule has 0 heterocycles. The number of allylic oxidation sites excluding steroid dienone is 1. The molecule has 0 fully saturated rings. The van der Waals surface area contributed by atoms with Crippen molar-refractivity contribution < 1.29 is 0 Å². The number of hydrogen-bond donors (Lipinski definition) is 0. The molecule has 0 amide bonds. The van der Waals surface area contributed by atoms with E-state index in [-0.39, 0.29) is 9.87 Å². The van der Waals surface area contributed by atoms with Crippen LogP contribution in [0.3, 0.4) is 0 Å². The summed E-state index contributed by atoms with van der Waals surface area (Å²) in [6, 6.07) is 0. The molecule has 0 radical (unpaired) electrons. The zero-order valence-corrected chi connectivity index (χ0v) is 8.53. The highest BCUT2D eigenvalue weighted by atomic mass is 35.5. The van der Waals surface area contributed by atoms with Crippen LogP contribution in [0.25, 0.3) is 0 Å². The van der Waals surface area contributed by atoms with Crippen molar-refractivity contribution in [3.8, 4) is 0 Å². The summed E-state index contributed by atoms with van der Waals surface area (Å²) in [7, 11) is 0. The molecule has 0 saturated heterocycles. The quantitative estimate of drug-likeness (QED) is 0.625. The molecule has 4 heteroatoms. The van der Waals surface area contributed by atoms with Gasteiger partial charge in [-0.25, -0.2) is 0 Å². The molecule has 0 spiro atoms. The minimum absolute atomic E-state index is 0.0649. The van der Waals surface area contributed by atoms with Crippen molar-refractivity contribution in [1.29, 1.82) is 0 Å². The Hall–Kier alpha value is 0.900. The largest absolute Gasteiger partial charge is 0.122 e. The Bertz CT molecular complexity index is 126. The first-order valence-corrected chi connectivity index (χ1v) is 4.51. The molecule has 0 aromatic heterocycles. The Morgan fingerprint density at radius 2 is 1.80 bits per heavy atom. The summed E-state index contributed by atoms with van der Waals surface area (Å²) in [4.78, 5) is 0. The molecule has 0 rings (SSSR count). The second-order valence-electron chi connectivity index (χ2n) is 1.86. The van der Waals surface area contributed by atoms with Crippen molar-refractivity contribution in [3.05, 3.63) is 9.52 Å². The number of alkyl halides is 1. The summed E-state index contributed by atoms with van der Waals surface area (Å²) in [6.07, 6.45) is 1.76. The molecule has 60 valence electrons. The van der Waals surface area contributed by atoms with Gasteiger partial charge < -0.3 is 0 Å². The van der Waals surface area contributed by atoms with Gasteiger partial charge in [0.05, 0.1) is 10.4 Å².